The lowest BCUT2D eigenvalue weighted by molar-refractivity contribution is 0.288. The average molecular weight is 313 g/mol. The molecule has 0 bridgehead atoms. The smallest absolute Gasteiger partial charge is 0.276 e. The van der Waals surface area contributed by atoms with E-state index in [4.69, 9.17) is 4.74 Å². The molecule has 0 saturated heterocycles. The normalized spacial score (nSPS) is 10.8. The maximum Gasteiger partial charge on any atom is 0.276 e. The van der Waals surface area contributed by atoms with Crippen LogP contribution >= 0.6 is 11.8 Å². The van der Waals surface area contributed by atoms with Crippen molar-refractivity contribution in [3.8, 4) is 5.75 Å². The highest BCUT2D eigenvalue weighted by atomic mass is 32.2. The number of thioether (sulfide) groups is 1. The van der Waals surface area contributed by atoms with Gasteiger partial charge in [-0.1, -0.05) is 0 Å². The molecule has 2 aromatic heterocycles. The first kappa shape index (κ1) is 14.6. The van der Waals surface area contributed by atoms with Gasteiger partial charge in [0.15, 0.2) is 0 Å². The summed E-state index contributed by atoms with van der Waals surface area (Å²) in [6.07, 6.45) is 5.28. The predicted octanol–water partition coefficient (Wildman–Crippen LogP) is 2.59. The fraction of sp³-hybridized carbons (Fsp3) is 0.188. The summed E-state index contributed by atoms with van der Waals surface area (Å²) in [5.74, 6) is 0.785. The molecule has 2 heterocycles. The van der Waals surface area contributed by atoms with Crippen LogP contribution in [0.5, 0.6) is 5.75 Å². The Bertz CT molecular complexity index is 831. The second-order valence-corrected chi connectivity index (χ2v) is 5.51. The van der Waals surface area contributed by atoms with Crippen molar-refractivity contribution in [2.24, 2.45) is 0 Å². The van der Waals surface area contributed by atoms with Gasteiger partial charge in [-0.05, 0) is 42.7 Å². The van der Waals surface area contributed by atoms with Crippen molar-refractivity contribution >= 4 is 22.7 Å². The minimum absolute atomic E-state index is 0.146. The van der Waals surface area contributed by atoms with Crippen LogP contribution in [0.2, 0.25) is 0 Å². The van der Waals surface area contributed by atoms with Crippen LogP contribution in [-0.2, 0) is 6.54 Å². The SMILES string of the molecule is CSc1ccc(OCCn2ncc3ncccc3c2=O)cc1. The molecular weight excluding hydrogens is 298 g/mol. The molecule has 112 valence electrons. The summed E-state index contributed by atoms with van der Waals surface area (Å²) >= 11 is 1.68. The average Bonchev–Trinajstić information content (AvgIpc) is 2.58. The van der Waals surface area contributed by atoms with Gasteiger partial charge >= 0.3 is 0 Å². The second kappa shape index (κ2) is 6.62. The van der Waals surface area contributed by atoms with Crippen LogP contribution < -0.4 is 10.3 Å². The number of hydrogen-bond acceptors (Lipinski definition) is 5. The Morgan fingerprint density at radius 2 is 2.05 bits per heavy atom. The van der Waals surface area contributed by atoms with Gasteiger partial charge in [0.05, 0.1) is 23.6 Å². The standard InChI is InChI=1S/C16H15N3O2S/c1-22-13-6-4-12(5-7-13)21-10-9-19-16(20)14-3-2-8-17-15(14)11-18-19/h2-8,11H,9-10H2,1H3. The van der Waals surface area contributed by atoms with E-state index in [-0.39, 0.29) is 5.56 Å². The first-order chi connectivity index (χ1) is 10.8. The molecule has 6 heteroatoms. The number of ether oxygens (including phenoxy) is 1. The minimum atomic E-state index is -0.146. The van der Waals surface area contributed by atoms with E-state index in [1.54, 1.807) is 36.3 Å². The Balaban J connectivity index is 1.68. The van der Waals surface area contributed by atoms with Gasteiger partial charge in [-0.2, -0.15) is 5.10 Å². The minimum Gasteiger partial charge on any atom is -0.492 e. The number of aromatic nitrogens is 3. The zero-order valence-corrected chi connectivity index (χ0v) is 12.9. The largest absolute Gasteiger partial charge is 0.492 e. The molecule has 5 nitrogen and oxygen atoms in total. The number of nitrogens with zero attached hydrogens (tertiary/aromatic N) is 3. The molecule has 0 radical (unpaired) electrons. The Kier molecular flexibility index (Phi) is 4.39. The van der Waals surface area contributed by atoms with E-state index < -0.39 is 0 Å². The molecule has 0 aliphatic rings. The van der Waals surface area contributed by atoms with Gasteiger partial charge in [-0.15, -0.1) is 11.8 Å². The van der Waals surface area contributed by atoms with E-state index in [0.29, 0.717) is 24.1 Å². The summed E-state index contributed by atoms with van der Waals surface area (Å²) in [5, 5.41) is 4.69. The van der Waals surface area contributed by atoms with E-state index in [1.165, 1.54) is 9.58 Å². The van der Waals surface area contributed by atoms with Crippen molar-refractivity contribution in [1.82, 2.24) is 14.8 Å². The van der Waals surface area contributed by atoms with E-state index >= 15 is 0 Å². The van der Waals surface area contributed by atoms with Gasteiger partial charge < -0.3 is 4.74 Å². The molecule has 0 aliphatic carbocycles. The summed E-state index contributed by atoms with van der Waals surface area (Å²) in [4.78, 5) is 17.6. The van der Waals surface area contributed by atoms with Gasteiger partial charge in [0.2, 0.25) is 0 Å². The Morgan fingerprint density at radius 3 is 2.82 bits per heavy atom. The molecule has 1 aromatic carbocycles. The summed E-state index contributed by atoms with van der Waals surface area (Å²) in [6, 6.07) is 11.4. The van der Waals surface area contributed by atoms with Gasteiger partial charge in [0.25, 0.3) is 5.56 Å². The third kappa shape index (κ3) is 3.12. The van der Waals surface area contributed by atoms with E-state index in [2.05, 4.69) is 10.1 Å². The number of benzene rings is 1. The highest BCUT2D eigenvalue weighted by Gasteiger charge is 2.04. The third-order valence-electron chi connectivity index (χ3n) is 3.25. The first-order valence-electron chi connectivity index (χ1n) is 6.85. The summed E-state index contributed by atoms with van der Waals surface area (Å²) in [7, 11) is 0. The van der Waals surface area contributed by atoms with Crippen molar-refractivity contribution in [2.45, 2.75) is 11.4 Å². The van der Waals surface area contributed by atoms with Crippen LogP contribution in [0.4, 0.5) is 0 Å². The van der Waals surface area contributed by atoms with Crippen molar-refractivity contribution in [1.29, 1.82) is 0 Å². The highest BCUT2D eigenvalue weighted by Crippen LogP contribution is 2.18. The molecule has 22 heavy (non-hydrogen) atoms. The second-order valence-electron chi connectivity index (χ2n) is 4.63. The lowest BCUT2D eigenvalue weighted by atomic mass is 10.3. The quantitative estimate of drug-likeness (QED) is 0.678. The van der Waals surface area contributed by atoms with Crippen molar-refractivity contribution < 1.29 is 4.74 Å². The number of hydrogen-bond donors (Lipinski definition) is 0. The van der Waals surface area contributed by atoms with Crippen LogP contribution in [0.25, 0.3) is 10.9 Å². The molecule has 0 spiro atoms. The van der Waals surface area contributed by atoms with Gasteiger partial charge in [-0.25, -0.2) is 4.68 Å². The maximum absolute atomic E-state index is 12.3. The van der Waals surface area contributed by atoms with E-state index in [0.717, 1.165) is 5.75 Å². The van der Waals surface area contributed by atoms with Gasteiger partial charge in [0.1, 0.15) is 12.4 Å². The molecule has 0 fully saturated rings. The Labute approximate surface area is 132 Å². The molecule has 3 rings (SSSR count). The van der Waals surface area contributed by atoms with Crippen LogP contribution in [0.3, 0.4) is 0 Å². The van der Waals surface area contributed by atoms with E-state index in [1.807, 2.05) is 30.5 Å². The molecule has 0 amide bonds. The maximum atomic E-state index is 12.3. The molecule has 0 N–H and O–H groups in total. The molecule has 0 atom stereocenters. The summed E-state index contributed by atoms with van der Waals surface area (Å²) in [5.41, 5.74) is 0.462. The van der Waals surface area contributed by atoms with Crippen LogP contribution in [0, 0.1) is 0 Å². The zero-order chi connectivity index (χ0) is 15.4. The van der Waals surface area contributed by atoms with Crippen molar-refractivity contribution in [3.63, 3.8) is 0 Å². The Morgan fingerprint density at radius 1 is 1.23 bits per heavy atom. The number of rotatable bonds is 5. The lowest BCUT2D eigenvalue weighted by Gasteiger charge is -2.08. The fourth-order valence-corrected chi connectivity index (χ4v) is 2.51. The van der Waals surface area contributed by atoms with Crippen molar-refractivity contribution in [3.05, 3.63) is 59.1 Å². The fourth-order valence-electron chi connectivity index (χ4n) is 2.10. The Hall–Kier alpha value is -2.34. The zero-order valence-electron chi connectivity index (χ0n) is 12.1. The molecule has 0 saturated carbocycles. The van der Waals surface area contributed by atoms with Gasteiger partial charge in [-0.3, -0.25) is 9.78 Å². The van der Waals surface area contributed by atoms with E-state index in [9.17, 15) is 4.79 Å². The highest BCUT2D eigenvalue weighted by molar-refractivity contribution is 7.98. The predicted molar refractivity (Wildman–Crippen MR) is 87.5 cm³/mol. The van der Waals surface area contributed by atoms with Crippen LogP contribution in [0.15, 0.2) is 58.5 Å². The number of pyridine rings is 1. The molecule has 3 aromatic rings. The topological polar surface area (TPSA) is 57.0 Å². The lowest BCUT2D eigenvalue weighted by Crippen LogP contribution is -2.25. The molecule has 0 unspecified atom stereocenters. The molecular formula is C16H15N3O2S. The molecule has 0 aliphatic heterocycles. The monoisotopic (exact) mass is 313 g/mol. The van der Waals surface area contributed by atoms with Gasteiger partial charge in [0, 0.05) is 11.1 Å². The van der Waals surface area contributed by atoms with Crippen molar-refractivity contribution in [2.75, 3.05) is 12.9 Å². The summed E-state index contributed by atoms with van der Waals surface area (Å²) in [6.45, 7) is 0.783. The van der Waals surface area contributed by atoms with Crippen LogP contribution in [-0.4, -0.2) is 27.6 Å². The number of fused-ring (bicyclic) bond motifs is 1. The first-order valence-corrected chi connectivity index (χ1v) is 8.08. The third-order valence-corrected chi connectivity index (χ3v) is 4.00. The van der Waals surface area contributed by atoms with Crippen LogP contribution in [0.1, 0.15) is 0 Å². The summed E-state index contributed by atoms with van der Waals surface area (Å²) < 4.78 is 7.05.